The molecule has 0 aliphatic carbocycles. The predicted molar refractivity (Wildman–Crippen MR) is 75.6 cm³/mol. The summed E-state index contributed by atoms with van der Waals surface area (Å²) in [5, 5.41) is 6.39. The van der Waals surface area contributed by atoms with Gasteiger partial charge in [-0.05, 0) is 50.9 Å². The number of carbonyl (C=O) groups is 1. The minimum Gasteiger partial charge on any atom is -0.350 e. The smallest absolute Gasteiger partial charge is 0.226 e. The summed E-state index contributed by atoms with van der Waals surface area (Å²) in [5.74, 6) is 0.182. The molecule has 0 spiro atoms. The summed E-state index contributed by atoms with van der Waals surface area (Å²) < 4.78 is 0. The molecular weight excluding hydrogens is 238 g/mol. The molecule has 2 rings (SSSR count). The molecule has 104 valence electrons. The molecule has 1 aliphatic heterocycles. The molecule has 1 fully saturated rings. The van der Waals surface area contributed by atoms with Crippen LogP contribution in [0.2, 0.25) is 0 Å². The van der Waals surface area contributed by atoms with Gasteiger partial charge in [-0.3, -0.25) is 9.78 Å². The molecule has 0 saturated carbocycles. The molecule has 2 N–H and O–H groups in total. The SMILES string of the molecule is CCC1(C(=O)NCc2ncccc2C)CCNCC1. The summed E-state index contributed by atoms with van der Waals surface area (Å²) >= 11 is 0. The zero-order chi connectivity index (χ0) is 13.7. The Balaban J connectivity index is 1.98. The molecule has 1 saturated heterocycles. The van der Waals surface area contributed by atoms with E-state index in [9.17, 15) is 4.79 Å². The molecule has 0 unspecified atom stereocenters. The fourth-order valence-corrected chi connectivity index (χ4v) is 2.70. The number of rotatable bonds is 4. The Bertz CT molecular complexity index is 439. The Kier molecular flexibility index (Phi) is 4.53. The summed E-state index contributed by atoms with van der Waals surface area (Å²) in [6.45, 7) is 6.53. The van der Waals surface area contributed by atoms with Gasteiger partial charge < -0.3 is 10.6 Å². The minimum atomic E-state index is -0.187. The zero-order valence-electron chi connectivity index (χ0n) is 11.8. The molecule has 4 nitrogen and oxygen atoms in total. The van der Waals surface area contributed by atoms with Gasteiger partial charge in [0.1, 0.15) is 0 Å². The van der Waals surface area contributed by atoms with Gasteiger partial charge in [0.25, 0.3) is 0 Å². The number of pyridine rings is 1. The average molecular weight is 261 g/mol. The highest BCUT2D eigenvalue weighted by molar-refractivity contribution is 5.82. The van der Waals surface area contributed by atoms with Gasteiger partial charge in [-0.15, -0.1) is 0 Å². The van der Waals surface area contributed by atoms with E-state index in [1.165, 1.54) is 0 Å². The topological polar surface area (TPSA) is 54.0 Å². The van der Waals surface area contributed by atoms with Crippen molar-refractivity contribution in [3.8, 4) is 0 Å². The molecule has 0 radical (unpaired) electrons. The monoisotopic (exact) mass is 261 g/mol. The van der Waals surface area contributed by atoms with Crippen molar-refractivity contribution >= 4 is 5.91 Å². The molecular formula is C15H23N3O. The van der Waals surface area contributed by atoms with Gasteiger partial charge in [0, 0.05) is 6.20 Å². The Hall–Kier alpha value is -1.42. The first-order valence-corrected chi connectivity index (χ1v) is 7.07. The molecule has 2 heterocycles. The summed E-state index contributed by atoms with van der Waals surface area (Å²) in [4.78, 5) is 16.8. The second kappa shape index (κ2) is 6.15. The summed E-state index contributed by atoms with van der Waals surface area (Å²) in [6.07, 6.45) is 4.53. The lowest BCUT2D eigenvalue weighted by atomic mass is 9.76. The maximum Gasteiger partial charge on any atom is 0.226 e. The summed E-state index contributed by atoms with van der Waals surface area (Å²) in [7, 11) is 0. The largest absolute Gasteiger partial charge is 0.350 e. The fraction of sp³-hybridized carbons (Fsp3) is 0.600. The number of nitrogens with zero attached hydrogens (tertiary/aromatic N) is 1. The lowest BCUT2D eigenvalue weighted by Crippen LogP contribution is -2.47. The maximum absolute atomic E-state index is 12.5. The fourth-order valence-electron chi connectivity index (χ4n) is 2.70. The lowest BCUT2D eigenvalue weighted by molar-refractivity contribution is -0.133. The van der Waals surface area contributed by atoms with Crippen molar-refractivity contribution in [2.45, 2.75) is 39.7 Å². The zero-order valence-corrected chi connectivity index (χ0v) is 11.8. The number of amides is 1. The average Bonchev–Trinajstić information content (AvgIpc) is 2.46. The van der Waals surface area contributed by atoms with E-state index in [1.54, 1.807) is 6.20 Å². The third-order valence-electron chi connectivity index (χ3n) is 4.25. The van der Waals surface area contributed by atoms with Crippen LogP contribution in [-0.4, -0.2) is 24.0 Å². The Morgan fingerprint density at radius 3 is 2.84 bits per heavy atom. The Morgan fingerprint density at radius 2 is 2.21 bits per heavy atom. The van der Waals surface area contributed by atoms with Crippen LogP contribution in [0.25, 0.3) is 0 Å². The van der Waals surface area contributed by atoms with Crippen LogP contribution in [0.1, 0.15) is 37.4 Å². The van der Waals surface area contributed by atoms with E-state index in [2.05, 4.69) is 22.5 Å². The summed E-state index contributed by atoms with van der Waals surface area (Å²) in [6, 6.07) is 3.94. The van der Waals surface area contributed by atoms with Crippen LogP contribution in [0.4, 0.5) is 0 Å². The molecule has 0 atom stereocenters. The first-order chi connectivity index (χ1) is 9.18. The van der Waals surface area contributed by atoms with Gasteiger partial charge in [-0.2, -0.15) is 0 Å². The van der Waals surface area contributed by atoms with Crippen LogP contribution in [0.5, 0.6) is 0 Å². The van der Waals surface area contributed by atoms with Crippen molar-refractivity contribution in [1.82, 2.24) is 15.6 Å². The molecule has 1 aromatic rings. The highest BCUT2D eigenvalue weighted by Gasteiger charge is 2.37. The minimum absolute atomic E-state index is 0.182. The number of hydrogen-bond donors (Lipinski definition) is 2. The molecule has 19 heavy (non-hydrogen) atoms. The Morgan fingerprint density at radius 1 is 1.47 bits per heavy atom. The highest BCUT2D eigenvalue weighted by Crippen LogP contribution is 2.32. The highest BCUT2D eigenvalue weighted by atomic mass is 16.2. The van der Waals surface area contributed by atoms with Gasteiger partial charge >= 0.3 is 0 Å². The van der Waals surface area contributed by atoms with Crippen molar-refractivity contribution in [3.63, 3.8) is 0 Å². The van der Waals surface area contributed by atoms with Crippen molar-refractivity contribution < 1.29 is 4.79 Å². The number of hydrogen-bond acceptors (Lipinski definition) is 3. The number of piperidine rings is 1. The molecule has 0 bridgehead atoms. The van der Waals surface area contributed by atoms with E-state index >= 15 is 0 Å². The van der Waals surface area contributed by atoms with Crippen LogP contribution < -0.4 is 10.6 Å². The van der Waals surface area contributed by atoms with Gasteiger partial charge in [-0.1, -0.05) is 13.0 Å². The van der Waals surface area contributed by atoms with Crippen LogP contribution >= 0.6 is 0 Å². The Labute approximate surface area is 115 Å². The van der Waals surface area contributed by atoms with Crippen LogP contribution in [0.3, 0.4) is 0 Å². The van der Waals surface area contributed by atoms with Crippen LogP contribution in [-0.2, 0) is 11.3 Å². The van der Waals surface area contributed by atoms with E-state index in [0.717, 1.165) is 43.6 Å². The van der Waals surface area contributed by atoms with E-state index < -0.39 is 0 Å². The van der Waals surface area contributed by atoms with Gasteiger partial charge in [0.05, 0.1) is 17.7 Å². The molecule has 4 heteroatoms. The third kappa shape index (κ3) is 3.13. The normalized spacial score (nSPS) is 18.0. The van der Waals surface area contributed by atoms with E-state index in [0.29, 0.717) is 6.54 Å². The predicted octanol–water partition coefficient (Wildman–Crippen LogP) is 1.79. The number of aryl methyl sites for hydroxylation is 1. The molecule has 1 aliphatic rings. The number of nitrogens with one attached hydrogen (secondary N) is 2. The number of carbonyl (C=O) groups excluding carboxylic acids is 1. The van der Waals surface area contributed by atoms with Crippen LogP contribution in [0, 0.1) is 12.3 Å². The second-order valence-corrected chi connectivity index (χ2v) is 5.33. The van der Waals surface area contributed by atoms with Gasteiger partial charge in [-0.25, -0.2) is 0 Å². The van der Waals surface area contributed by atoms with Crippen molar-refractivity contribution in [2.24, 2.45) is 5.41 Å². The number of aromatic nitrogens is 1. The molecule has 1 aromatic heterocycles. The van der Waals surface area contributed by atoms with Crippen molar-refractivity contribution in [2.75, 3.05) is 13.1 Å². The third-order valence-corrected chi connectivity index (χ3v) is 4.25. The molecule has 0 aromatic carbocycles. The quantitative estimate of drug-likeness (QED) is 0.869. The summed E-state index contributed by atoms with van der Waals surface area (Å²) in [5.41, 5.74) is 1.89. The van der Waals surface area contributed by atoms with Crippen LogP contribution in [0.15, 0.2) is 18.3 Å². The first-order valence-electron chi connectivity index (χ1n) is 7.07. The van der Waals surface area contributed by atoms with E-state index in [-0.39, 0.29) is 11.3 Å². The standard InChI is InChI=1S/C15H23N3O/c1-3-15(6-9-16-10-7-15)14(19)18-11-13-12(2)5-4-8-17-13/h4-5,8,16H,3,6-7,9-11H2,1-2H3,(H,18,19). The maximum atomic E-state index is 12.5. The van der Waals surface area contributed by atoms with Gasteiger partial charge in [0.2, 0.25) is 5.91 Å². The van der Waals surface area contributed by atoms with Crippen molar-refractivity contribution in [1.29, 1.82) is 0 Å². The first kappa shape index (κ1) is 14.0. The molecule has 1 amide bonds. The van der Waals surface area contributed by atoms with Crippen molar-refractivity contribution in [3.05, 3.63) is 29.6 Å². The van der Waals surface area contributed by atoms with E-state index in [1.807, 2.05) is 19.1 Å². The van der Waals surface area contributed by atoms with Gasteiger partial charge in [0.15, 0.2) is 0 Å². The second-order valence-electron chi connectivity index (χ2n) is 5.33. The lowest BCUT2D eigenvalue weighted by Gasteiger charge is -2.35. The van der Waals surface area contributed by atoms with E-state index in [4.69, 9.17) is 0 Å².